The first-order valence-electron chi connectivity index (χ1n) is 7.45. The number of likely N-dealkylation sites (N-methyl/N-ethyl adjacent to an activating group) is 1. The van der Waals surface area contributed by atoms with Crippen LogP contribution in [-0.2, 0) is 9.59 Å². The van der Waals surface area contributed by atoms with Gasteiger partial charge in [0.15, 0.2) is 0 Å². The summed E-state index contributed by atoms with van der Waals surface area (Å²) in [6, 6.07) is -0.938. The van der Waals surface area contributed by atoms with Crippen molar-refractivity contribution in [2.24, 2.45) is 11.1 Å². The first-order valence-corrected chi connectivity index (χ1v) is 8.90. The van der Waals surface area contributed by atoms with Gasteiger partial charge in [0, 0.05) is 6.54 Å². The maximum atomic E-state index is 12.9. The van der Waals surface area contributed by atoms with Crippen molar-refractivity contribution in [3.8, 4) is 0 Å². The van der Waals surface area contributed by atoms with E-state index in [0.717, 1.165) is 12.2 Å². The second-order valence-corrected chi connectivity index (χ2v) is 8.29. The molecule has 2 amide bonds. The van der Waals surface area contributed by atoms with Crippen LogP contribution in [0.25, 0.3) is 0 Å². The van der Waals surface area contributed by atoms with Gasteiger partial charge in [0.05, 0.1) is 10.4 Å². The number of primary amides is 1. The monoisotopic (exact) mass is 344 g/mol. The summed E-state index contributed by atoms with van der Waals surface area (Å²) in [5.74, 6) is 0.358. The molecule has 6 nitrogen and oxygen atoms in total. The summed E-state index contributed by atoms with van der Waals surface area (Å²) < 4.78 is 0. The molecular formula is C14H24N4O2S2. The van der Waals surface area contributed by atoms with Crippen LogP contribution >= 0.6 is 24.0 Å². The molecule has 2 fully saturated rings. The molecule has 0 bridgehead atoms. The lowest BCUT2D eigenvalue weighted by atomic mass is 9.84. The minimum atomic E-state index is -0.558. The zero-order chi connectivity index (χ0) is 16.5. The highest BCUT2D eigenvalue weighted by molar-refractivity contribution is 7.99. The highest BCUT2D eigenvalue weighted by Gasteiger charge is 2.53. The average molecular weight is 345 g/mol. The van der Waals surface area contributed by atoms with Gasteiger partial charge in [0.2, 0.25) is 11.8 Å². The van der Waals surface area contributed by atoms with Crippen LogP contribution in [0, 0.1) is 5.41 Å². The van der Waals surface area contributed by atoms with E-state index in [2.05, 4.69) is 10.6 Å². The Labute approximate surface area is 140 Å². The van der Waals surface area contributed by atoms with E-state index in [1.54, 1.807) is 23.7 Å². The maximum absolute atomic E-state index is 12.9. The molecule has 0 spiro atoms. The van der Waals surface area contributed by atoms with Crippen LogP contribution in [0.3, 0.4) is 0 Å². The summed E-state index contributed by atoms with van der Waals surface area (Å²) in [7, 11) is 1.81. The number of thiocarbonyl (C=S) groups is 1. The number of carbonyl (C=O) groups is 2. The number of fused-ring (bicyclic) bond motifs is 1. The number of nitrogens with zero attached hydrogens (tertiary/aromatic N) is 1. The number of hydrogen-bond acceptors (Lipinski definition) is 5. The molecule has 0 aromatic rings. The fraction of sp³-hybridized carbons (Fsp3) is 0.786. The molecule has 4 N–H and O–H groups in total. The molecule has 3 atom stereocenters. The third-order valence-corrected chi connectivity index (χ3v) is 5.75. The van der Waals surface area contributed by atoms with Crippen molar-refractivity contribution < 1.29 is 9.59 Å². The lowest BCUT2D eigenvalue weighted by molar-refractivity contribution is -0.141. The molecule has 0 aliphatic carbocycles. The van der Waals surface area contributed by atoms with Crippen LogP contribution < -0.4 is 16.4 Å². The van der Waals surface area contributed by atoms with Crippen molar-refractivity contribution in [2.75, 3.05) is 19.3 Å². The average Bonchev–Trinajstić information content (AvgIpc) is 2.60. The summed E-state index contributed by atoms with van der Waals surface area (Å²) in [6.45, 7) is 4.53. The fourth-order valence-corrected chi connectivity index (χ4v) is 5.16. The second-order valence-electron chi connectivity index (χ2n) is 6.51. The van der Waals surface area contributed by atoms with Crippen LogP contribution in [0.1, 0.15) is 26.7 Å². The fourth-order valence-electron chi connectivity index (χ4n) is 3.30. The molecule has 124 valence electrons. The van der Waals surface area contributed by atoms with Gasteiger partial charge in [-0.15, -0.1) is 11.8 Å². The number of nitrogens with two attached hydrogens (primary N) is 1. The highest BCUT2D eigenvalue weighted by atomic mass is 32.2. The van der Waals surface area contributed by atoms with Crippen LogP contribution in [0.2, 0.25) is 0 Å². The van der Waals surface area contributed by atoms with Gasteiger partial charge < -0.3 is 21.3 Å². The number of thioether (sulfide) groups is 1. The van der Waals surface area contributed by atoms with Gasteiger partial charge in [-0.05, 0) is 31.1 Å². The zero-order valence-electron chi connectivity index (χ0n) is 13.2. The molecule has 2 aliphatic rings. The third kappa shape index (κ3) is 3.38. The highest BCUT2D eigenvalue weighted by Crippen LogP contribution is 2.45. The van der Waals surface area contributed by atoms with E-state index in [1.165, 1.54) is 0 Å². The minimum absolute atomic E-state index is 0.0182. The Morgan fingerprint density at radius 3 is 2.82 bits per heavy atom. The van der Waals surface area contributed by atoms with Gasteiger partial charge in [-0.25, -0.2) is 0 Å². The molecule has 0 unspecified atom stereocenters. The molecule has 22 heavy (non-hydrogen) atoms. The van der Waals surface area contributed by atoms with Crippen molar-refractivity contribution in [3.63, 3.8) is 0 Å². The Bertz CT molecular complexity index is 483. The number of rotatable bonds is 4. The Morgan fingerprint density at radius 1 is 1.55 bits per heavy atom. The standard InChI is InChI=1S/C14H24N4O2S2/c1-14(2)6-10-18(11(14)12(15)19)13(20)8(4-5-22-10)17-9(21)7-16-3/h8,10-11,16H,4-7H2,1-3H3,(H2,15,19)(H,17,21)/t8-,10-,11+/m0/s1. The number of amides is 2. The number of carbonyl (C=O) groups excluding carboxylic acids is 2. The quantitative estimate of drug-likeness (QED) is 0.626. The summed E-state index contributed by atoms with van der Waals surface area (Å²) >= 11 is 6.96. The van der Waals surface area contributed by atoms with Crippen LogP contribution in [0.15, 0.2) is 0 Å². The predicted molar refractivity (Wildman–Crippen MR) is 92.5 cm³/mol. The van der Waals surface area contributed by atoms with Crippen molar-refractivity contribution >= 4 is 40.8 Å². The van der Waals surface area contributed by atoms with E-state index in [9.17, 15) is 9.59 Å². The molecule has 8 heteroatoms. The van der Waals surface area contributed by atoms with Gasteiger partial charge in [-0.3, -0.25) is 9.59 Å². The van der Waals surface area contributed by atoms with Crippen LogP contribution in [-0.4, -0.2) is 58.5 Å². The first-order chi connectivity index (χ1) is 10.3. The van der Waals surface area contributed by atoms with E-state index in [4.69, 9.17) is 18.0 Å². The minimum Gasteiger partial charge on any atom is -0.368 e. The summed E-state index contributed by atoms with van der Waals surface area (Å²) in [4.78, 5) is 27.2. The third-order valence-electron chi connectivity index (χ3n) is 4.24. The van der Waals surface area contributed by atoms with E-state index in [0.29, 0.717) is 18.0 Å². The van der Waals surface area contributed by atoms with E-state index < -0.39 is 11.9 Å². The lowest BCUT2D eigenvalue weighted by Crippen LogP contribution is -2.56. The Morgan fingerprint density at radius 2 is 2.23 bits per heavy atom. The molecule has 2 rings (SSSR count). The summed E-state index contributed by atoms with van der Waals surface area (Å²) in [5.41, 5.74) is 5.29. The van der Waals surface area contributed by atoms with Crippen molar-refractivity contribution in [2.45, 2.75) is 44.1 Å². The van der Waals surface area contributed by atoms with Crippen LogP contribution in [0.4, 0.5) is 0 Å². The summed E-state index contributed by atoms with van der Waals surface area (Å²) in [6.07, 6.45) is 1.48. The van der Waals surface area contributed by atoms with Crippen LogP contribution in [0.5, 0.6) is 0 Å². The predicted octanol–water partition coefficient (Wildman–Crippen LogP) is 0.0668. The SMILES string of the molecule is CNCC(=S)N[C@H]1CCS[C@H]2CC(C)(C)[C@@H](C(N)=O)N2C1=O. The number of nitrogens with one attached hydrogen (secondary N) is 2. The summed E-state index contributed by atoms with van der Waals surface area (Å²) in [5, 5.41) is 6.11. The normalized spacial score (nSPS) is 30.6. The molecule has 2 saturated heterocycles. The molecule has 0 saturated carbocycles. The van der Waals surface area contributed by atoms with Crippen molar-refractivity contribution in [1.29, 1.82) is 0 Å². The van der Waals surface area contributed by atoms with Gasteiger partial charge in [-0.2, -0.15) is 0 Å². The molecule has 2 aliphatic heterocycles. The second kappa shape index (κ2) is 6.72. The van der Waals surface area contributed by atoms with Gasteiger partial charge >= 0.3 is 0 Å². The molecule has 0 radical (unpaired) electrons. The molecule has 2 heterocycles. The van der Waals surface area contributed by atoms with Gasteiger partial charge in [-0.1, -0.05) is 26.1 Å². The molecule has 0 aromatic heterocycles. The molecule has 0 aromatic carbocycles. The maximum Gasteiger partial charge on any atom is 0.246 e. The Hall–Kier alpha value is -0.860. The van der Waals surface area contributed by atoms with E-state index in [-0.39, 0.29) is 22.7 Å². The largest absolute Gasteiger partial charge is 0.368 e. The number of hydrogen-bond donors (Lipinski definition) is 3. The Kier molecular flexibility index (Phi) is 5.34. The van der Waals surface area contributed by atoms with Crippen molar-refractivity contribution in [1.82, 2.24) is 15.5 Å². The van der Waals surface area contributed by atoms with Gasteiger partial charge in [0.1, 0.15) is 12.1 Å². The molecular weight excluding hydrogens is 320 g/mol. The smallest absolute Gasteiger partial charge is 0.246 e. The van der Waals surface area contributed by atoms with E-state index in [1.807, 2.05) is 13.8 Å². The van der Waals surface area contributed by atoms with Gasteiger partial charge in [0.25, 0.3) is 0 Å². The first kappa shape index (κ1) is 17.5. The van der Waals surface area contributed by atoms with Crippen molar-refractivity contribution in [3.05, 3.63) is 0 Å². The van der Waals surface area contributed by atoms with E-state index >= 15 is 0 Å². The Balaban J connectivity index is 2.22. The lowest BCUT2D eigenvalue weighted by Gasteiger charge is -2.32. The zero-order valence-corrected chi connectivity index (χ0v) is 14.9. The topological polar surface area (TPSA) is 87.5 Å².